The van der Waals surface area contributed by atoms with E-state index in [9.17, 15) is 0 Å². The molecule has 2 unspecified atom stereocenters. The number of nitrogens with two attached hydrogens (primary N) is 1. The topological polar surface area (TPSA) is 29.3 Å². The summed E-state index contributed by atoms with van der Waals surface area (Å²) in [6.45, 7) is 8.10. The highest BCUT2D eigenvalue weighted by molar-refractivity contribution is 5.02. The second-order valence-electron chi connectivity index (χ2n) is 6.19. The Balaban J connectivity index is 2.10. The molecule has 0 amide bonds. The van der Waals surface area contributed by atoms with Crippen molar-refractivity contribution >= 4 is 0 Å². The van der Waals surface area contributed by atoms with Crippen molar-refractivity contribution < 1.29 is 0 Å². The Morgan fingerprint density at radius 2 is 2.00 bits per heavy atom. The molecule has 2 aliphatic rings. The predicted molar refractivity (Wildman–Crippen MR) is 74.0 cm³/mol. The summed E-state index contributed by atoms with van der Waals surface area (Å²) in [4.78, 5) is 2.78. The Morgan fingerprint density at radius 1 is 1.24 bits per heavy atom. The second-order valence-corrected chi connectivity index (χ2v) is 6.19. The lowest BCUT2D eigenvalue weighted by atomic mass is 9.83. The van der Waals surface area contributed by atoms with Gasteiger partial charge in [-0.1, -0.05) is 26.7 Å². The highest BCUT2D eigenvalue weighted by atomic mass is 15.2. The van der Waals surface area contributed by atoms with Gasteiger partial charge in [-0.25, -0.2) is 0 Å². The molecule has 100 valence electrons. The van der Waals surface area contributed by atoms with Crippen LogP contribution in [0.15, 0.2) is 0 Å². The van der Waals surface area contributed by atoms with Crippen molar-refractivity contribution in [3.8, 4) is 0 Å². The average Bonchev–Trinajstić information content (AvgIpc) is 3.06. The molecule has 0 aliphatic heterocycles. The SMILES string of the molecule is CCCN(CC1CC1)C1(CN)CCCC1CC. The van der Waals surface area contributed by atoms with Crippen LogP contribution < -0.4 is 5.73 Å². The minimum atomic E-state index is 0.355. The molecule has 2 heteroatoms. The monoisotopic (exact) mass is 238 g/mol. The van der Waals surface area contributed by atoms with E-state index in [1.165, 1.54) is 58.0 Å². The summed E-state index contributed by atoms with van der Waals surface area (Å²) in [6.07, 6.45) is 9.62. The molecule has 0 saturated heterocycles. The first-order chi connectivity index (χ1) is 8.26. The van der Waals surface area contributed by atoms with Crippen molar-refractivity contribution in [3.63, 3.8) is 0 Å². The van der Waals surface area contributed by atoms with Gasteiger partial charge in [0.1, 0.15) is 0 Å². The summed E-state index contributed by atoms with van der Waals surface area (Å²) >= 11 is 0. The summed E-state index contributed by atoms with van der Waals surface area (Å²) in [7, 11) is 0. The lowest BCUT2D eigenvalue weighted by Gasteiger charge is -2.45. The molecule has 2 rings (SSSR count). The van der Waals surface area contributed by atoms with Crippen molar-refractivity contribution in [2.45, 2.75) is 64.3 Å². The number of hydrogen-bond donors (Lipinski definition) is 1. The first kappa shape index (κ1) is 13.4. The molecule has 17 heavy (non-hydrogen) atoms. The first-order valence-electron chi connectivity index (χ1n) is 7.72. The molecule has 0 aromatic carbocycles. The minimum Gasteiger partial charge on any atom is -0.329 e. The normalized spacial score (nSPS) is 33.5. The summed E-state index contributed by atoms with van der Waals surface area (Å²) in [5, 5.41) is 0. The van der Waals surface area contributed by atoms with E-state index in [1.807, 2.05) is 0 Å². The van der Waals surface area contributed by atoms with E-state index in [0.717, 1.165) is 18.4 Å². The predicted octanol–water partition coefficient (Wildman–Crippen LogP) is 3.02. The highest BCUT2D eigenvalue weighted by Gasteiger charge is 2.46. The van der Waals surface area contributed by atoms with E-state index in [0.29, 0.717) is 5.54 Å². The van der Waals surface area contributed by atoms with Crippen LogP contribution in [0.3, 0.4) is 0 Å². The molecule has 0 aromatic heterocycles. The summed E-state index contributed by atoms with van der Waals surface area (Å²) in [6, 6.07) is 0. The van der Waals surface area contributed by atoms with Gasteiger partial charge >= 0.3 is 0 Å². The van der Waals surface area contributed by atoms with Gasteiger partial charge in [0.05, 0.1) is 0 Å². The fourth-order valence-electron chi connectivity index (χ4n) is 3.90. The zero-order valence-corrected chi connectivity index (χ0v) is 11.8. The van der Waals surface area contributed by atoms with Gasteiger partial charge in [0.2, 0.25) is 0 Å². The third kappa shape index (κ3) is 2.68. The molecule has 0 bridgehead atoms. The average molecular weight is 238 g/mol. The van der Waals surface area contributed by atoms with E-state index < -0.39 is 0 Å². The van der Waals surface area contributed by atoms with Gasteiger partial charge in [0.25, 0.3) is 0 Å². The van der Waals surface area contributed by atoms with Crippen LogP contribution >= 0.6 is 0 Å². The van der Waals surface area contributed by atoms with Gasteiger partial charge in [-0.05, 0) is 50.5 Å². The van der Waals surface area contributed by atoms with Gasteiger partial charge in [0, 0.05) is 18.6 Å². The first-order valence-corrected chi connectivity index (χ1v) is 7.72. The minimum absolute atomic E-state index is 0.355. The van der Waals surface area contributed by atoms with Crippen LogP contribution in [0.4, 0.5) is 0 Å². The van der Waals surface area contributed by atoms with Crippen molar-refractivity contribution in [2.24, 2.45) is 17.6 Å². The molecule has 2 atom stereocenters. The Bertz CT molecular complexity index is 237. The quantitative estimate of drug-likeness (QED) is 0.739. The van der Waals surface area contributed by atoms with E-state index in [-0.39, 0.29) is 0 Å². The van der Waals surface area contributed by atoms with Crippen LogP contribution in [0.1, 0.15) is 58.8 Å². The Kier molecular flexibility index (Phi) is 4.48. The lowest BCUT2D eigenvalue weighted by Crippen LogP contribution is -2.57. The standard InChI is InChI=1S/C15H30N2/c1-3-10-17(11-13-7-8-13)15(12-16)9-5-6-14(15)4-2/h13-14H,3-12,16H2,1-2H3. The van der Waals surface area contributed by atoms with Crippen LogP contribution in [-0.4, -0.2) is 30.1 Å². The molecule has 0 radical (unpaired) electrons. The molecule has 2 N–H and O–H groups in total. The van der Waals surface area contributed by atoms with Gasteiger partial charge in [-0.15, -0.1) is 0 Å². The van der Waals surface area contributed by atoms with Crippen LogP contribution in [0.25, 0.3) is 0 Å². The Hall–Kier alpha value is -0.0800. The number of hydrogen-bond acceptors (Lipinski definition) is 2. The van der Waals surface area contributed by atoms with Crippen molar-refractivity contribution in [2.75, 3.05) is 19.6 Å². The van der Waals surface area contributed by atoms with E-state index in [4.69, 9.17) is 5.73 Å². The molecule has 0 heterocycles. The second kappa shape index (κ2) is 5.71. The smallest absolute Gasteiger partial charge is 0.0359 e. The van der Waals surface area contributed by atoms with E-state index >= 15 is 0 Å². The summed E-state index contributed by atoms with van der Waals surface area (Å²) in [5.41, 5.74) is 6.57. The molecule has 2 saturated carbocycles. The number of rotatable bonds is 7. The fraction of sp³-hybridized carbons (Fsp3) is 1.00. The largest absolute Gasteiger partial charge is 0.329 e. The summed E-state index contributed by atoms with van der Waals surface area (Å²) < 4.78 is 0. The molecular weight excluding hydrogens is 208 g/mol. The van der Waals surface area contributed by atoms with E-state index in [1.54, 1.807) is 0 Å². The third-order valence-electron chi connectivity index (χ3n) is 5.07. The fourth-order valence-corrected chi connectivity index (χ4v) is 3.90. The van der Waals surface area contributed by atoms with Gasteiger partial charge in [-0.3, -0.25) is 4.90 Å². The van der Waals surface area contributed by atoms with Crippen LogP contribution in [-0.2, 0) is 0 Å². The van der Waals surface area contributed by atoms with Crippen LogP contribution in [0.5, 0.6) is 0 Å². The van der Waals surface area contributed by atoms with Crippen LogP contribution in [0, 0.1) is 11.8 Å². The zero-order chi connectivity index (χ0) is 12.3. The maximum absolute atomic E-state index is 6.22. The van der Waals surface area contributed by atoms with Gasteiger partial charge in [-0.2, -0.15) is 0 Å². The maximum Gasteiger partial charge on any atom is 0.0359 e. The van der Waals surface area contributed by atoms with Crippen LogP contribution in [0.2, 0.25) is 0 Å². The number of nitrogens with zero attached hydrogens (tertiary/aromatic N) is 1. The van der Waals surface area contributed by atoms with E-state index in [2.05, 4.69) is 18.7 Å². The molecule has 0 aromatic rings. The highest BCUT2D eigenvalue weighted by Crippen LogP contribution is 2.43. The maximum atomic E-state index is 6.22. The Labute approximate surface area is 107 Å². The molecule has 2 fully saturated rings. The molecule has 2 nitrogen and oxygen atoms in total. The van der Waals surface area contributed by atoms with Crippen molar-refractivity contribution in [1.29, 1.82) is 0 Å². The van der Waals surface area contributed by atoms with Crippen molar-refractivity contribution in [3.05, 3.63) is 0 Å². The molecular formula is C15H30N2. The lowest BCUT2D eigenvalue weighted by molar-refractivity contribution is 0.0508. The zero-order valence-electron chi connectivity index (χ0n) is 11.8. The molecule has 2 aliphatic carbocycles. The van der Waals surface area contributed by atoms with Crippen molar-refractivity contribution in [1.82, 2.24) is 4.90 Å². The van der Waals surface area contributed by atoms with Gasteiger partial charge < -0.3 is 5.73 Å². The Morgan fingerprint density at radius 3 is 2.53 bits per heavy atom. The van der Waals surface area contributed by atoms with Gasteiger partial charge in [0.15, 0.2) is 0 Å². The molecule has 0 spiro atoms. The summed E-state index contributed by atoms with van der Waals surface area (Å²) in [5.74, 6) is 1.83. The third-order valence-corrected chi connectivity index (χ3v) is 5.07.